The lowest BCUT2D eigenvalue weighted by atomic mass is 9.57. The molecule has 3 fully saturated rings. The van der Waals surface area contributed by atoms with Gasteiger partial charge in [-0.3, -0.25) is 9.47 Å². The molecular weight excluding hydrogens is 515 g/mol. The van der Waals surface area contributed by atoms with Crippen LogP contribution in [0.3, 0.4) is 0 Å². The third-order valence-corrected chi connectivity index (χ3v) is 8.81. The summed E-state index contributed by atoms with van der Waals surface area (Å²) in [5, 5.41) is 19.5. The van der Waals surface area contributed by atoms with Gasteiger partial charge in [0, 0.05) is 42.5 Å². The summed E-state index contributed by atoms with van der Waals surface area (Å²) in [6, 6.07) is 10.9. The molecule has 0 atom stereocenters. The van der Waals surface area contributed by atoms with Crippen LogP contribution in [0.15, 0.2) is 30.3 Å². The van der Waals surface area contributed by atoms with Crippen LogP contribution in [0.1, 0.15) is 60.9 Å². The van der Waals surface area contributed by atoms with Crippen LogP contribution in [0.4, 0.5) is 19.0 Å². The average molecular weight is 540 g/mol. The maximum absolute atomic E-state index is 13.7. The number of fused-ring (bicyclic) bond motifs is 3. The quantitative estimate of drug-likeness (QED) is 0.432. The van der Waals surface area contributed by atoms with Crippen molar-refractivity contribution in [1.29, 1.82) is 5.26 Å². The van der Waals surface area contributed by atoms with E-state index in [1.165, 1.54) is 6.07 Å². The van der Waals surface area contributed by atoms with Crippen LogP contribution < -0.4 is 4.90 Å². The van der Waals surface area contributed by atoms with Gasteiger partial charge < -0.3 is 4.90 Å². The van der Waals surface area contributed by atoms with E-state index in [4.69, 9.17) is 11.6 Å². The van der Waals surface area contributed by atoms with Crippen molar-refractivity contribution in [2.75, 3.05) is 24.5 Å². The first-order valence-electron chi connectivity index (χ1n) is 12.8. The van der Waals surface area contributed by atoms with Crippen LogP contribution in [0.5, 0.6) is 0 Å². The molecule has 3 aromatic rings. The molecule has 196 valence electrons. The number of halogens is 4. The monoisotopic (exact) mass is 539 g/mol. The molecule has 1 saturated heterocycles. The fourth-order valence-corrected chi connectivity index (χ4v) is 6.67. The van der Waals surface area contributed by atoms with Crippen LogP contribution in [0.2, 0.25) is 5.02 Å². The molecule has 4 aliphatic rings. The van der Waals surface area contributed by atoms with E-state index in [1.807, 2.05) is 23.1 Å². The number of pyridine rings is 1. The van der Waals surface area contributed by atoms with Crippen LogP contribution in [0.25, 0.3) is 5.69 Å². The van der Waals surface area contributed by atoms with Gasteiger partial charge in [0.25, 0.3) is 6.43 Å². The van der Waals surface area contributed by atoms with Gasteiger partial charge in [-0.15, -0.1) is 10.2 Å². The number of hydrogen-bond acceptors (Lipinski definition) is 6. The minimum absolute atomic E-state index is 0.0723. The van der Waals surface area contributed by atoms with E-state index in [1.54, 1.807) is 0 Å². The highest BCUT2D eigenvalue weighted by Crippen LogP contribution is 2.57. The van der Waals surface area contributed by atoms with Gasteiger partial charge in [-0.2, -0.15) is 5.26 Å². The number of nitriles is 1. The molecule has 2 aromatic heterocycles. The van der Waals surface area contributed by atoms with Crippen molar-refractivity contribution in [1.82, 2.24) is 24.6 Å². The summed E-state index contributed by atoms with van der Waals surface area (Å²) in [6.07, 6.45) is 0.741. The smallest absolute Gasteiger partial charge is 0.283 e. The summed E-state index contributed by atoms with van der Waals surface area (Å²) in [5.74, 6) is 1.43. The van der Waals surface area contributed by atoms with Crippen molar-refractivity contribution in [3.05, 3.63) is 64.1 Å². The zero-order valence-corrected chi connectivity index (χ0v) is 21.3. The molecular formula is C27H25ClF3N7. The Hall–Kier alpha value is -3.16. The molecule has 1 aromatic carbocycles. The molecule has 4 heterocycles. The highest BCUT2D eigenvalue weighted by Gasteiger charge is 2.54. The number of hydrogen-bond donors (Lipinski definition) is 0. The maximum atomic E-state index is 13.7. The highest BCUT2D eigenvalue weighted by atomic mass is 35.5. The first kappa shape index (κ1) is 23.9. The Morgan fingerprint density at radius 3 is 2.61 bits per heavy atom. The fourth-order valence-electron chi connectivity index (χ4n) is 6.48. The Morgan fingerprint density at radius 1 is 1.11 bits per heavy atom. The van der Waals surface area contributed by atoms with Gasteiger partial charge in [0.2, 0.25) is 0 Å². The van der Waals surface area contributed by atoms with Crippen molar-refractivity contribution >= 4 is 17.4 Å². The standard InChI is InChI=1S/C27H25ClF3N7/c28-18-1-3-20-16(7-18)10-36(13-26(12-32)5-6-26)11-22-34-35-25(38(20)22)17-8-27(9-17)14-37(15-27)21-4-2-19(29)23(33-21)24(30)31/h1-4,7,17,24H,5-6,8-11,13-15H2. The van der Waals surface area contributed by atoms with Crippen LogP contribution >= 0.6 is 11.6 Å². The van der Waals surface area contributed by atoms with Crippen molar-refractivity contribution < 1.29 is 13.2 Å². The molecule has 1 spiro atoms. The summed E-state index contributed by atoms with van der Waals surface area (Å²) in [4.78, 5) is 8.08. The van der Waals surface area contributed by atoms with E-state index < -0.39 is 17.9 Å². The van der Waals surface area contributed by atoms with Crippen LogP contribution in [0, 0.1) is 28.0 Å². The Bertz CT molecular complexity index is 1460. The summed E-state index contributed by atoms with van der Waals surface area (Å²) in [6.45, 7) is 3.39. The molecule has 0 bridgehead atoms. The molecule has 0 N–H and O–H groups in total. The van der Waals surface area contributed by atoms with Gasteiger partial charge in [0.05, 0.1) is 23.7 Å². The molecule has 0 unspecified atom stereocenters. The Kier molecular flexibility index (Phi) is 5.30. The van der Waals surface area contributed by atoms with E-state index in [2.05, 4.69) is 30.7 Å². The lowest BCUT2D eigenvalue weighted by Crippen LogP contribution is -2.62. The molecule has 2 aliphatic carbocycles. The molecule has 7 rings (SSSR count). The van der Waals surface area contributed by atoms with E-state index in [-0.39, 0.29) is 16.7 Å². The predicted octanol–water partition coefficient (Wildman–Crippen LogP) is 5.40. The van der Waals surface area contributed by atoms with E-state index >= 15 is 0 Å². The third-order valence-electron chi connectivity index (χ3n) is 8.58. The highest BCUT2D eigenvalue weighted by molar-refractivity contribution is 6.30. The lowest BCUT2D eigenvalue weighted by Gasteiger charge is -2.59. The van der Waals surface area contributed by atoms with Gasteiger partial charge in [0.1, 0.15) is 17.3 Å². The topological polar surface area (TPSA) is 73.9 Å². The molecule has 2 aliphatic heterocycles. The molecule has 38 heavy (non-hydrogen) atoms. The summed E-state index contributed by atoms with van der Waals surface area (Å²) in [5.41, 5.74) is 1.13. The van der Waals surface area contributed by atoms with E-state index in [0.29, 0.717) is 43.6 Å². The summed E-state index contributed by atoms with van der Waals surface area (Å²) in [7, 11) is 0. The fraction of sp³-hybridized carbons (Fsp3) is 0.481. The number of alkyl halides is 2. The average Bonchev–Trinajstić information content (AvgIpc) is 3.53. The Balaban J connectivity index is 1.11. The number of nitrogens with zero attached hydrogens (tertiary/aromatic N) is 7. The van der Waals surface area contributed by atoms with Crippen molar-refractivity contribution in [2.45, 2.75) is 51.1 Å². The molecule has 11 heteroatoms. The molecule has 7 nitrogen and oxygen atoms in total. The maximum Gasteiger partial charge on any atom is 0.283 e. The molecule has 2 saturated carbocycles. The SMILES string of the molecule is N#CC1(CN2Cc3cc(Cl)ccc3-n3c(nnc3C3CC4(C3)CN(c3ccc(F)c(C(F)F)n3)C4)C2)CC1. The van der Waals surface area contributed by atoms with Crippen molar-refractivity contribution in [2.24, 2.45) is 10.8 Å². The molecule has 0 amide bonds. The van der Waals surface area contributed by atoms with Gasteiger partial charge in [-0.1, -0.05) is 11.6 Å². The number of benzene rings is 1. The number of anilines is 1. The van der Waals surface area contributed by atoms with Gasteiger partial charge in [-0.05, 0) is 61.6 Å². The summed E-state index contributed by atoms with van der Waals surface area (Å²) >= 11 is 6.37. The molecule has 0 radical (unpaired) electrons. The Labute approximate surface area is 222 Å². The second-order valence-electron chi connectivity index (χ2n) is 11.4. The van der Waals surface area contributed by atoms with Gasteiger partial charge in [0.15, 0.2) is 11.6 Å². The summed E-state index contributed by atoms with van der Waals surface area (Å²) < 4.78 is 42.0. The first-order chi connectivity index (χ1) is 18.3. The van der Waals surface area contributed by atoms with Gasteiger partial charge in [-0.25, -0.2) is 18.2 Å². The van der Waals surface area contributed by atoms with E-state index in [9.17, 15) is 18.4 Å². The largest absolute Gasteiger partial charge is 0.355 e. The Morgan fingerprint density at radius 2 is 1.89 bits per heavy atom. The van der Waals surface area contributed by atoms with Crippen molar-refractivity contribution in [3.63, 3.8) is 0 Å². The van der Waals surface area contributed by atoms with Crippen LogP contribution in [-0.4, -0.2) is 44.3 Å². The second-order valence-corrected chi connectivity index (χ2v) is 11.9. The number of aromatic nitrogens is 4. The third kappa shape index (κ3) is 3.86. The minimum Gasteiger partial charge on any atom is -0.355 e. The first-order valence-corrected chi connectivity index (χ1v) is 13.2. The van der Waals surface area contributed by atoms with Gasteiger partial charge >= 0.3 is 0 Å². The zero-order chi connectivity index (χ0) is 26.2. The van der Waals surface area contributed by atoms with Crippen molar-refractivity contribution in [3.8, 4) is 11.8 Å². The number of rotatable bonds is 5. The minimum atomic E-state index is -2.94. The zero-order valence-electron chi connectivity index (χ0n) is 20.5. The normalized spacial score (nSPS) is 21.3. The second kappa shape index (κ2) is 8.42. The van der Waals surface area contributed by atoms with Crippen LogP contribution in [-0.2, 0) is 13.1 Å². The predicted molar refractivity (Wildman–Crippen MR) is 134 cm³/mol. The van der Waals surface area contributed by atoms with E-state index in [0.717, 1.165) is 54.6 Å². The lowest BCUT2D eigenvalue weighted by molar-refractivity contribution is 0.0579.